The molecule has 0 bridgehead atoms. The first-order valence-corrected chi connectivity index (χ1v) is 14.0. The number of hydrogen-bond donors (Lipinski definition) is 1. The lowest BCUT2D eigenvalue weighted by Crippen LogP contribution is -2.38. The summed E-state index contributed by atoms with van der Waals surface area (Å²) < 4.78 is 13.9. The van der Waals surface area contributed by atoms with Crippen molar-refractivity contribution in [2.75, 3.05) is 7.11 Å². The van der Waals surface area contributed by atoms with Gasteiger partial charge in [-0.15, -0.1) is 0 Å². The van der Waals surface area contributed by atoms with Crippen LogP contribution in [0.25, 0.3) is 23.1 Å². The molecule has 7 rings (SSSR count). The molecule has 0 radical (unpaired) electrons. The van der Waals surface area contributed by atoms with Crippen LogP contribution < -0.4 is 19.6 Å². The van der Waals surface area contributed by atoms with Gasteiger partial charge in [-0.25, -0.2) is 9.79 Å². The number of allylic oxidation sites excluding steroid dienone is 1. The smallest absolute Gasteiger partial charge is 0.335 e. The van der Waals surface area contributed by atoms with Crippen molar-refractivity contribution in [1.29, 1.82) is 0 Å². The number of aryl methyl sites for hydroxylation is 1. The fourth-order valence-corrected chi connectivity index (χ4v) is 6.61. The van der Waals surface area contributed by atoms with Crippen molar-refractivity contribution in [3.8, 4) is 17.1 Å². The Morgan fingerprint density at radius 3 is 2.68 bits per heavy atom. The molecular formula is C33H24N2O5S. The Morgan fingerprint density at radius 2 is 1.88 bits per heavy atom. The predicted molar refractivity (Wildman–Crippen MR) is 157 cm³/mol. The number of thiazole rings is 1. The van der Waals surface area contributed by atoms with E-state index < -0.39 is 5.97 Å². The molecule has 3 aromatic carbocycles. The maximum Gasteiger partial charge on any atom is 0.335 e. The van der Waals surface area contributed by atoms with Crippen molar-refractivity contribution in [2.45, 2.75) is 18.9 Å². The van der Waals surface area contributed by atoms with Gasteiger partial charge in [-0.2, -0.15) is 0 Å². The van der Waals surface area contributed by atoms with Crippen LogP contribution in [-0.2, 0) is 6.42 Å². The third-order valence-electron chi connectivity index (χ3n) is 7.60. The number of aromatic carboxylic acids is 1. The standard InChI is InChI=1S/C33H24N2O5S/c1-39-23-7-4-6-22(17-23)30-26-15-13-19-5-2-3-8-25(19)29(26)34-33-35(30)31(36)28(41-33)18-24-14-16-27(40-24)20-9-11-21(12-10-20)32(37)38/h2-12,14,16-18,30H,13,15H2,1H3,(H,37,38)/b28-18-. The summed E-state index contributed by atoms with van der Waals surface area (Å²) in [5, 5.41) is 9.17. The minimum absolute atomic E-state index is 0.129. The van der Waals surface area contributed by atoms with Crippen molar-refractivity contribution in [3.05, 3.63) is 138 Å². The lowest BCUT2D eigenvalue weighted by molar-refractivity contribution is 0.0697. The van der Waals surface area contributed by atoms with Gasteiger partial charge in [0.1, 0.15) is 17.3 Å². The van der Waals surface area contributed by atoms with Crippen LogP contribution >= 0.6 is 11.3 Å². The number of furan rings is 1. The maximum absolute atomic E-state index is 14.0. The highest BCUT2D eigenvalue weighted by Gasteiger charge is 2.32. The lowest BCUT2D eigenvalue weighted by atomic mass is 9.83. The molecule has 5 aromatic rings. The van der Waals surface area contributed by atoms with E-state index in [0.717, 1.165) is 46.6 Å². The first kappa shape index (κ1) is 25.0. The number of benzene rings is 3. The molecule has 1 aliphatic carbocycles. The number of carbonyl (C=O) groups is 1. The molecule has 2 aromatic heterocycles. The van der Waals surface area contributed by atoms with Crippen LogP contribution in [-0.4, -0.2) is 22.8 Å². The number of methoxy groups -OCH3 is 1. The quantitative estimate of drug-likeness (QED) is 0.316. The lowest BCUT2D eigenvalue weighted by Gasteiger charge is -2.31. The predicted octanol–water partition coefficient (Wildman–Crippen LogP) is 5.29. The van der Waals surface area contributed by atoms with Gasteiger partial charge < -0.3 is 14.3 Å². The summed E-state index contributed by atoms with van der Waals surface area (Å²) in [5.74, 6) is 0.867. The number of fused-ring (bicyclic) bond motifs is 3. The second-order valence-electron chi connectivity index (χ2n) is 9.97. The number of nitrogens with zero attached hydrogens (tertiary/aromatic N) is 2. The van der Waals surface area contributed by atoms with Gasteiger partial charge in [0.05, 0.1) is 28.9 Å². The Morgan fingerprint density at radius 1 is 1.05 bits per heavy atom. The fraction of sp³-hybridized carbons (Fsp3) is 0.121. The van der Waals surface area contributed by atoms with Crippen molar-refractivity contribution >= 4 is 29.1 Å². The second kappa shape index (κ2) is 9.91. The highest BCUT2D eigenvalue weighted by atomic mass is 32.1. The van der Waals surface area contributed by atoms with E-state index in [-0.39, 0.29) is 17.2 Å². The number of rotatable bonds is 5. The SMILES string of the molecule is COc1cccc(C2C3=C(N=c4s/c(=C\c5ccc(-c6ccc(C(=O)O)cc6)o5)c(=O)n42)c2ccccc2CC3)c1. The van der Waals surface area contributed by atoms with E-state index in [1.807, 2.05) is 36.4 Å². The molecule has 202 valence electrons. The topological polar surface area (TPSA) is 94.0 Å². The molecule has 1 aliphatic heterocycles. The summed E-state index contributed by atoms with van der Waals surface area (Å²) in [5.41, 5.74) is 6.25. The molecule has 0 fully saturated rings. The Kier molecular flexibility index (Phi) is 6.05. The van der Waals surface area contributed by atoms with Crippen molar-refractivity contribution < 1.29 is 19.1 Å². The molecule has 1 unspecified atom stereocenters. The average molecular weight is 561 g/mol. The number of aromatic nitrogens is 1. The third-order valence-corrected chi connectivity index (χ3v) is 8.58. The Hall–Kier alpha value is -4.95. The minimum atomic E-state index is -0.982. The highest BCUT2D eigenvalue weighted by molar-refractivity contribution is 7.07. The van der Waals surface area contributed by atoms with E-state index in [4.69, 9.17) is 19.3 Å². The molecule has 7 nitrogen and oxygen atoms in total. The molecule has 41 heavy (non-hydrogen) atoms. The molecule has 3 heterocycles. The van der Waals surface area contributed by atoms with Gasteiger partial charge in [-0.05, 0) is 65.9 Å². The Balaban J connectivity index is 1.36. The Labute approximate surface area is 238 Å². The van der Waals surface area contributed by atoms with Crippen LogP contribution in [0.5, 0.6) is 5.75 Å². The van der Waals surface area contributed by atoms with Crippen molar-refractivity contribution in [2.24, 2.45) is 4.99 Å². The van der Waals surface area contributed by atoms with Crippen LogP contribution in [0, 0.1) is 0 Å². The molecule has 2 aliphatic rings. The van der Waals surface area contributed by atoms with Gasteiger partial charge in [0.2, 0.25) is 0 Å². The zero-order valence-corrected chi connectivity index (χ0v) is 22.9. The van der Waals surface area contributed by atoms with Crippen LogP contribution in [0.2, 0.25) is 0 Å². The van der Waals surface area contributed by atoms with Crippen LogP contribution in [0.1, 0.15) is 45.3 Å². The van der Waals surface area contributed by atoms with Crippen LogP contribution in [0.3, 0.4) is 0 Å². The number of carboxylic acid groups (broad SMARTS) is 1. The maximum atomic E-state index is 14.0. The molecular weight excluding hydrogens is 536 g/mol. The molecule has 0 saturated carbocycles. The molecule has 0 saturated heterocycles. The zero-order valence-electron chi connectivity index (χ0n) is 22.0. The highest BCUT2D eigenvalue weighted by Crippen LogP contribution is 2.41. The minimum Gasteiger partial charge on any atom is -0.497 e. The molecule has 0 spiro atoms. The molecule has 0 amide bonds. The van der Waals surface area contributed by atoms with E-state index in [0.29, 0.717) is 20.9 Å². The average Bonchev–Trinajstić information content (AvgIpc) is 3.60. The van der Waals surface area contributed by atoms with Gasteiger partial charge in [0.15, 0.2) is 4.80 Å². The summed E-state index contributed by atoms with van der Waals surface area (Å²) in [4.78, 5) is 30.9. The fourth-order valence-electron chi connectivity index (χ4n) is 5.63. The summed E-state index contributed by atoms with van der Waals surface area (Å²) in [6.07, 6.45) is 3.44. The summed E-state index contributed by atoms with van der Waals surface area (Å²) in [6.45, 7) is 0. The first-order valence-electron chi connectivity index (χ1n) is 13.2. The van der Waals surface area contributed by atoms with Crippen LogP contribution in [0.4, 0.5) is 0 Å². The van der Waals surface area contributed by atoms with Gasteiger partial charge in [0.25, 0.3) is 5.56 Å². The first-order chi connectivity index (χ1) is 20.0. The molecule has 1 N–H and O–H groups in total. The number of hydrogen-bond acceptors (Lipinski definition) is 6. The number of carboxylic acids is 1. The van der Waals surface area contributed by atoms with E-state index >= 15 is 0 Å². The third kappa shape index (κ3) is 4.33. The zero-order chi connectivity index (χ0) is 28.1. The van der Waals surface area contributed by atoms with Crippen molar-refractivity contribution in [3.63, 3.8) is 0 Å². The number of ether oxygens (including phenoxy) is 1. The van der Waals surface area contributed by atoms with Gasteiger partial charge in [-0.1, -0.05) is 59.9 Å². The second-order valence-corrected chi connectivity index (χ2v) is 11.0. The van der Waals surface area contributed by atoms with Crippen molar-refractivity contribution in [1.82, 2.24) is 4.57 Å². The van der Waals surface area contributed by atoms with Crippen LogP contribution in [0.15, 0.2) is 105 Å². The van der Waals surface area contributed by atoms with E-state index in [9.17, 15) is 9.59 Å². The normalized spacial score (nSPS) is 16.0. The monoisotopic (exact) mass is 560 g/mol. The van der Waals surface area contributed by atoms with E-state index in [2.05, 4.69) is 18.2 Å². The summed E-state index contributed by atoms with van der Waals surface area (Å²) in [7, 11) is 1.64. The van der Waals surface area contributed by atoms with E-state index in [1.165, 1.54) is 29.0 Å². The Bertz CT molecular complexity index is 2050. The largest absolute Gasteiger partial charge is 0.497 e. The molecule has 1 atom stereocenters. The van der Waals surface area contributed by atoms with Gasteiger partial charge >= 0.3 is 5.97 Å². The van der Waals surface area contributed by atoms with Gasteiger partial charge in [-0.3, -0.25) is 9.36 Å². The summed E-state index contributed by atoms with van der Waals surface area (Å²) >= 11 is 1.34. The molecule has 8 heteroatoms. The van der Waals surface area contributed by atoms with Gasteiger partial charge in [0, 0.05) is 17.2 Å². The van der Waals surface area contributed by atoms with E-state index in [1.54, 1.807) is 36.0 Å². The summed E-state index contributed by atoms with van der Waals surface area (Å²) in [6, 6.07) is 26.0.